The first kappa shape index (κ1) is 24.5. The van der Waals surface area contributed by atoms with Crippen molar-refractivity contribution in [2.75, 3.05) is 24.3 Å². The monoisotopic (exact) mass is 427 g/mol. The number of halogens is 1. The van der Waals surface area contributed by atoms with Crippen LogP contribution in [0.3, 0.4) is 0 Å². The van der Waals surface area contributed by atoms with E-state index in [1.807, 2.05) is 13.8 Å². The summed E-state index contributed by atoms with van der Waals surface area (Å²) in [6, 6.07) is 3.56. The lowest BCUT2D eigenvalue weighted by Crippen LogP contribution is -2.38. The number of esters is 1. The highest BCUT2D eigenvalue weighted by Crippen LogP contribution is 2.31. The van der Waals surface area contributed by atoms with Gasteiger partial charge in [-0.2, -0.15) is 0 Å². The molecule has 1 aromatic carbocycles. The van der Waals surface area contributed by atoms with Gasteiger partial charge in [0.05, 0.1) is 18.6 Å². The number of methoxy groups -OCH3 is 1. The van der Waals surface area contributed by atoms with E-state index in [0.29, 0.717) is 16.3 Å². The molecule has 1 aromatic rings. The number of carbonyl (C=O) groups is 3. The summed E-state index contributed by atoms with van der Waals surface area (Å²) in [5, 5.41) is 0.541. The first-order valence-electron chi connectivity index (χ1n) is 9.56. The average molecular weight is 428 g/mol. The van der Waals surface area contributed by atoms with Crippen LogP contribution in [0.15, 0.2) is 12.1 Å². The molecule has 1 unspecified atom stereocenters. The van der Waals surface area contributed by atoms with Crippen LogP contribution in [0, 0.1) is 19.8 Å². The van der Waals surface area contributed by atoms with E-state index in [9.17, 15) is 14.4 Å². The smallest absolute Gasteiger partial charge is 0.325 e. The van der Waals surface area contributed by atoms with Crippen molar-refractivity contribution in [2.24, 2.45) is 5.92 Å². The maximum Gasteiger partial charge on any atom is 0.325 e. The standard InChI is InChI=1S/C21H30ClNO4S/c1-6-8-9-16(7-2)21(26)28-13-18(24)23(12-19(25)27-5)20-14(3)10-11-17(22)15(20)4/h10-11,16H,6-9,12-13H2,1-5H3. The molecule has 5 nitrogen and oxygen atoms in total. The lowest BCUT2D eigenvalue weighted by molar-refractivity contribution is -0.139. The predicted octanol–water partition coefficient (Wildman–Crippen LogP) is 4.94. The molecule has 0 aliphatic heterocycles. The van der Waals surface area contributed by atoms with E-state index >= 15 is 0 Å². The van der Waals surface area contributed by atoms with E-state index in [4.69, 9.17) is 16.3 Å². The van der Waals surface area contributed by atoms with Crippen LogP contribution in [0.5, 0.6) is 0 Å². The van der Waals surface area contributed by atoms with Crippen LogP contribution in [0.2, 0.25) is 5.02 Å². The van der Waals surface area contributed by atoms with E-state index in [1.165, 1.54) is 12.0 Å². The quantitative estimate of drug-likeness (QED) is 0.495. The summed E-state index contributed by atoms with van der Waals surface area (Å²) >= 11 is 7.25. The number of thioether (sulfide) groups is 1. The van der Waals surface area contributed by atoms with Gasteiger partial charge in [0.1, 0.15) is 6.54 Å². The van der Waals surface area contributed by atoms with Gasteiger partial charge in [0.25, 0.3) is 0 Å². The number of benzene rings is 1. The fourth-order valence-corrected chi connectivity index (χ4v) is 4.07. The van der Waals surface area contributed by atoms with Crippen LogP contribution in [0.25, 0.3) is 0 Å². The Morgan fingerprint density at radius 3 is 2.46 bits per heavy atom. The molecule has 0 N–H and O–H groups in total. The second-order valence-electron chi connectivity index (χ2n) is 6.75. The van der Waals surface area contributed by atoms with Gasteiger partial charge in [-0.05, 0) is 43.9 Å². The van der Waals surface area contributed by atoms with Crippen LogP contribution >= 0.6 is 23.4 Å². The number of rotatable bonds is 10. The largest absolute Gasteiger partial charge is 0.468 e. The SMILES string of the molecule is CCCCC(CC)C(=O)SCC(=O)N(CC(=O)OC)c1c(C)ccc(Cl)c1C. The molecule has 0 aliphatic carbocycles. The Kier molecular flexibility index (Phi) is 10.6. The molecular formula is C21H30ClNO4S. The normalized spacial score (nSPS) is 11.8. The highest BCUT2D eigenvalue weighted by Gasteiger charge is 2.25. The van der Waals surface area contributed by atoms with Gasteiger partial charge in [-0.25, -0.2) is 0 Å². The summed E-state index contributed by atoms with van der Waals surface area (Å²) in [7, 11) is 1.28. The van der Waals surface area contributed by atoms with Crippen molar-refractivity contribution >= 4 is 46.0 Å². The summed E-state index contributed by atoms with van der Waals surface area (Å²) < 4.78 is 4.75. The Morgan fingerprint density at radius 1 is 1.21 bits per heavy atom. The van der Waals surface area contributed by atoms with Crippen LogP contribution < -0.4 is 4.90 Å². The summed E-state index contributed by atoms with van der Waals surface area (Å²) in [5.74, 6) is -0.911. The van der Waals surface area contributed by atoms with Crippen LogP contribution in [0.4, 0.5) is 5.69 Å². The molecule has 0 heterocycles. The van der Waals surface area contributed by atoms with Gasteiger partial charge in [0.2, 0.25) is 5.91 Å². The van der Waals surface area contributed by atoms with E-state index in [-0.39, 0.29) is 29.2 Å². The summed E-state index contributed by atoms with van der Waals surface area (Å²) in [6.07, 6.45) is 3.63. The van der Waals surface area contributed by atoms with E-state index in [0.717, 1.165) is 43.0 Å². The molecule has 0 saturated heterocycles. The number of nitrogens with zero attached hydrogens (tertiary/aromatic N) is 1. The van der Waals surface area contributed by atoms with Crippen molar-refractivity contribution in [3.63, 3.8) is 0 Å². The molecule has 1 atom stereocenters. The molecule has 28 heavy (non-hydrogen) atoms. The molecule has 0 fully saturated rings. The molecule has 0 aromatic heterocycles. The summed E-state index contributed by atoms with van der Waals surface area (Å²) in [4.78, 5) is 38.7. The van der Waals surface area contributed by atoms with Crippen molar-refractivity contribution in [3.05, 3.63) is 28.3 Å². The minimum atomic E-state index is -0.530. The van der Waals surface area contributed by atoms with Crippen molar-refractivity contribution in [1.29, 1.82) is 0 Å². The molecule has 1 rings (SSSR count). The van der Waals surface area contributed by atoms with Crippen molar-refractivity contribution in [3.8, 4) is 0 Å². The number of amides is 1. The number of unbranched alkanes of at least 4 members (excludes halogenated alkanes) is 1. The number of carbonyl (C=O) groups excluding carboxylic acids is 3. The molecular weight excluding hydrogens is 398 g/mol. The first-order valence-corrected chi connectivity index (χ1v) is 10.9. The van der Waals surface area contributed by atoms with Crippen molar-refractivity contribution in [2.45, 2.75) is 53.4 Å². The Hall–Kier alpha value is -1.53. The fraction of sp³-hybridized carbons (Fsp3) is 0.571. The number of aryl methyl sites for hydroxylation is 1. The Balaban J connectivity index is 3.00. The molecule has 0 saturated carbocycles. The van der Waals surface area contributed by atoms with Gasteiger partial charge >= 0.3 is 5.97 Å². The van der Waals surface area contributed by atoms with Crippen LogP contribution in [0.1, 0.15) is 50.7 Å². The Labute approximate surface area is 177 Å². The second-order valence-corrected chi connectivity index (χ2v) is 8.14. The highest BCUT2D eigenvalue weighted by molar-refractivity contribution is 8.14. The van der Waals surface area contributed by atoms with Gasteiger partial charge in [-0.15, -0.1) is 0 Å². The molecule has 156 valence electrons. The first-order chi connectivity index (χ1) is 13.3. The predicted molar refractivity (Wildman–Crippen MR) is 116 cm³/mol. The number of hydrogen-bond donors (Lipinski definition) is 0. The highest BCUT2D eigenvalue weighted by atomic mass is 35.5. The maximum atomic E-state index is 12.9. The number of anilines is 1. The van der Waals surface area contributed by atoms with E-state index < -0.39 is 5.97 Å². The van der Waals surface area contributed by atoms with Gasteiger partial charge in [0.15, 0.2) is 5.12 Å². The summed E-state index contributed by atoms with van der Waals surface area (Å²) in [5.41, 5.74) is 2.13. The van der Waals surface area contributed by atoms with E-state index in [2.05, 4.69) is 6.92 Å². The molecule has 0 aliphatic rings. The second kappa shape index (κ2) is 12.1. The van der Waals surface area contributed by atoms with Gasteiger partial charge in [-0.1, -0.05) is 56.1 Å². The molecule has 0 bridgehead atoms. The van der Waals surface area contributed by atoms with Crippen molar-refractivity contribution in [1.82, 2.24) is 0 Å². The zero-order valence-corrected chi connectivity index (χ0v) is 18.9. The lowest BCUT2D eigenvalue weighted by atomic mass is 10.0. The van der Waals surface area contributed by atoms with Crippen LogP contribution in [-0.2, 0) is 19.1 Å². The van der Waals surface area contributed by atoms with Gasteiger partial charge in [0, 0.05) is 10.9 Å². The molecule has 0 radical (unpaired) electrons. The average Bonchev–Trinajstić information content (AvgIpc) is 2.68. The minimum absolute atomic E-state index is 0.0240. The number of hydrogen-bond acceptors (Lipinski definition) is 5. The fourth-order valence-electron chi connectivity index (χ4n) is 2.98. The van der Waals surface area contributed by atoms with Gasteiger partial charge in [-0.3, -0.25) is 19.3 Å². The topological polar surface area (TPSA) is 63.7 Å². The minimum Gasteiger partial charge on any atom is -0.468 e. The summed E-state index contributed by atoms with van der Waals surface area (Å²) in [6.45, 7) is 7.51. The van der Waals surface area contributed by atoms with Crippen LogP contribution in [-0.4, -0.2) is 36.4 Å². The lowest BCUT2D eigenvalue weighted by Gasteiger charge is -2.26. The molecule has 1 amide bonds. The third kappa shape index (κ3) is 6.82. The Bertz CT molecular complexity index is 708. The zero-order valence-electron chi connectivity index (χ0n) is 17.3. The van der Waals surface area contributed by atoms with E-state index in [1.54, 1.807) is 19.1 Å². The van der Waals surface area contributed by atoms with Gasteiger partial charge < -0.3 is 4.74 Å². The third-order valence-electron chi connectivity index (χ3n) is 4.72. The number of ether oxygens (including phenoxy) is 1. The Morgan fingerprint density at radius 2 is 1.89 bits per heavy atom. The van der Waals surface area contributed by atoms with Crippen molar-refractivity contribution < 1.29 is 19.1 Å². The maximum absolute atomic E-state index is 12.9. The third-order valence-corrected chi connectivity index (χ3v) is 6.14. The molecule has 0 spiro atoms. The molecule has 7 heteroatoms. The zero-order chi connectivity index (χ0) is 21.3.